The van der Waals surface area contributed by atoms with Gasteiger partial charge in [0, 0.05) is 32.8 Å². The lowest BCUT2D eigenvalue weighted by Crippen LogP contribution is -2.03. The van der Waals surface area contributed by atoms with Crippen LogP contribution in [-0.4, -0.2) is 19.1 Å². The molecule has 0 aliphatic heterocycles. The number of hydrogen-bond donors (Lipinski definition) is 0. The largest absolute Gasteiger partial charge is 0.309 e. The van der Waals surface area contributed by atoms with E-state index in [-0.39, 0.29) is 0 Å². The minimum absolute atomic E-state index is 0.806. The predicted molar refractivity (Wildman–Crippen MR) is 260 cm³/mol. The van der Waals surface area contributed by atoms with Crippen molar-refractivity contribution in [1.29, 1.82) is 0 Å². The summed E-state index contributed by atoms with van der Waals surface area (Å²) in [4.78, 5) is 10.8. The van der Waals surface area contributed by atoms with E-state index in [0.717, 1.165) is 56.0 Å². The Kier molecular flexibility index (Phi) is 7.57. The van der Waals surface area contributed by atoms with Gasteiger partial charge in [-0.25, -0.2) is 9.97 Å². The van der Waals surface area contributed by atoms with Gasteiger partial charge in [-0.1, -0.05) is 152 Å². The van der Waals surface area contributed by atoms with Crippen LogP contribution in [0.4, 0.5) is 0 Å². The molecule has 3 heterocycles. The van der Waals surface area contributed by atoms with Gasteiger partial charge in [0.25, 0.3) is 0 Å². The molecule has 0 radical (unpaired) electrons. The molecule has 4 heteroatoms. The molecule has 0 saturated carbocycles. The first-order chi connectivity index (χ1) is 30.7. The molecule has 0 aliphatic rings. The third-order valence-electron chi connectivity index (χ3n) is 12.7. The summed E-state index contributed by atoms with van der Waals surface area (Å²) in [5.41, 5.74) is 14.0. The SMILES string of the molecule is c1ccc(-n2c3ccccc3c3cc(-c4ccc5c(c4)c4c6ccccc6ccc4n5-c4nc5ccccc5nc4-c4ccc(-c5ccc6ccccc6c5)cc4)ccc32)cc1. The monoisotopic (exact) mass is 788 g/mol. The van der Waals surface area contributed by atoms with Crippen molar-refractivity contribution in [3.05, 3.63) is 218 Å². The first kappa shape index (κ1) is 34.5. The zero-order chi connectivity index (χ0) is 40.7. The lowest BCUT2D eigenvalue weighted by Gasteiger charge is -2.14. The second-order valence-corrected chi connectivity index (χ2v) is 16.2. The molecule has 13 aromatic rings. The highest BCUT2D eigenvalue weighted by Gasteiger charge is 2.22. The van der Waals surface area contributed by atoms with Crippen LogP contribution >= 0.6 is 0 Å². The van der Waals surface area contributed by atoms with Crippen molar-refractivity contribution in [2.75, 3.05) is 0 Å². The van der Waals surface area contributed by atoms with E-state index in [4.69, 9.17) is 9.97 Å². The molecule has 62 heavy (non-hydrogen) atoms. The molecule has 0 fully saturated rings. The van der Waals surface area contributed by atoms with E-state index in [1.54, 1.807) is 0 Å². The number of para-hydroxylation sites is 4. The van der Waals surface area contributed by atoms with E-state index in [1.807, 2.05) is 12.1 Å². The van der Waals surface area contributed by atoms with Crippen LogP contribution in [0.2, 0.25) is 0 Å². The van der Waals surface area contributed by atoms with Crippen LogP contribution in [0.15, 0.2) is 218 Å². The van der Waals surface area contributed by atoms with E-state index in [2.05, 4.69) is 215 Å². The van der Waals surface area contributed by atoms with Gasteiger partial charge in [-0.15, -0.1) is 0 Å². The first-order valence-corrected chi connectivity index (χ1v) is 21.2. The van der Waals surface area contributed by atoms with E-state index >= 15 is 0 Å². The molecule has 0 saturated heterocycles. The molecule has 0 atom stereocenters. The molecular formula is C58H36N4. The standard InChI is InChI=1S/C58H36N4/c1-2-15-45(16-3-1)61-52-21-11-8-18-47(52)48-35-43(29-31-53(48)61)44-30-32-54-49(36-44)56-46-17-7-6-13-39(46)28-33-55(56)62(54)58-57(59-50-19-9-10-20-51(50)60-58)40-25-22-38(23-26-40)42-27-24-37-12-4-5-14-41(37)34-42/h1-36H. The predicted octanol–water partition coefficient (Wildman–Crippen LogP) is 15.1. The van der Waals surface area contributed by atoms with Gasteiger partial charge in [-0.3, -0.25) is 4.57 Å². The normalized spacial score (nSPS) is 11.9. The van der Waals surface area contributed by atoms with E-state index in [9.17, 15) is 0 Å². The highest BCUT2D eigenvalue weighted by Crippen LogP contribution is 2.42. The fraction of sp³-hybridized carbons (Fsp3) is 0. The van der Waals surface area contributed by atoms with Crippen LogP contribution in [0.3, 0.4) is 0 Å². The van der Waals surface area contributed by atoms with Gasteiger partial charge in [0.15, 0.2) is 5.82 Å². The molecule has 0 N–H and O–H groups in total. The van der Waals surface area contributed by atoms with Crippen molar-refractivity contribution in [2.45, 2.75) is 0 Å². The maximum atomic E-state index is 5.46. The molecular weight excluding hydrogens is 753 g/mol. The van der Waals surface area contributed by atoms with Crippen LogP contribution in [0.25, 0.3) is 121 Å². The van der Waals surface area contributed by atoms with Crippen molar-refractivity contribution in [3.8, 4) is 45.0 Å². The third kappa shape index (κ3) is 5.33. The Morgan fingerprint density at radius 1 is 0.290 bits per heavy atom. The Balaban J connectivity index is 1.02. The summed E-state index contributed by atoms with van der Waals surface area (Å²) >= 11 is 0. The summed E-state index contributed by atoms with van der Waals surface area (Å²) in [6.45, 7) is 0. The van der Waals surface area contributed by atoms with Crippen molar-refractivity contribution in [2.24, 2.45) is 0 Å². The molecule has 0 unspecified atom stereocenters. The molecule has 0 amide bonds. The van der Waals surface area contributed by atoms with Crippen molar-refractivity contribution < 1.29 is 0 Å². The summed E-state index contributed by atoms with van der Waals surface area (Å²) in [7, 11) is 0. The summed E-state index contributed by atoms with van der Waals surface area (Å²) < 4.78 is 4.71. The van der Waals surface area contributed by atoms with Crippen LogP contribution in [0, 0.1) is 0 Å². The van der Waals surface area contributed by atoms with Gasteiger partial charge in [0.05, 0.1) is 33.1 Å². The fourth-order valence-corrected chi connectivity index (χ4v) is 9.74. The number of aromatic nitrogens is 4. The Morgan fingerprint density at radius 2 is 0.823 bits per heavy atom. The average molecular weight is 789 g/mol. The molecule has 13 rings (SSSR count). The van der Waals surface area contributed by atoms with Gasteiger partial charge < -0.3 is 4.57 Å². The number of fused-ring (bicyclic) bond motifs is 10. The fourth-order valence-electron chi connectivity index (χ4n) is 9.74. The molecule has 288 valence electrons. The minimum atomic E-state index is 0.806. The van der Waals surface area contributed by atoms with Crippen LogP contribution in [-0.2, 0) is 0 Å². The smallest absolute Gasteiger partial charge is 0.165 e. The Hall–Kier alpha value is -8.34. The van der Waals surface area contributed by atoms with Crippen LogP contribution < -0.4 is 0 Å². The highest BCUT2D eigenvalue weighted by atomic mass is 15.1. The molecule has 0 spiro atoms. The first-order valence-electron chi connectivity index (χ1n) is 21.2. The van der Waals surface area contributed by atoms with Crippen molar-refractivity contribution in [1.82, 2.24) is 19.1 Å². The Morgan fingerprint density at radius 3 is 1.63 bits per heavy atom. The number of nitrogens with zero attached hydrogens (tertiary/aromatic N) is 4. The van der Waals surface area contributed by atoms with Crippen molar-refractivity contribution >= 4 is 76.2 Å². The summed E-state index contributed by atoms with van der Waals surface area (Å²) in [6, 6.07) is 78.6. The maximum absolute atomic E-state index is 5.46. The van der Waals surface area contributed by atoms with Crippen LogP contribution in [0.1, 0.15) is 0 Å². The summed E-state index contributed by atoms with van der Waals surface area (Å²) in [5, 5.41) is 9.74. The van der Waals surface area contributed by atoms with Gasteiger partial charge in [0.2, 0.25) is 0 Å². The Bertz CT molecular complexity index is 3910. The van der Waals surface area contributed by atoms with Gasteiger partial charge in [0.1, 0.15) is 5.69 Å². The van der Waals surface area contributed by atoms with E-state index in [0.29, 0.717) is 0 Å². The van der Waals surface area contributed by atoms with Gasteiger partial charge in [-0.2, -0.15) is 0 Å². The van der Waals surface area contributed by atoms with E-state index < -0.39 is 0 Å². The summed E-state index contributed by atoms with van der Waals surface area (Å²) in [5.74, 6) is 0.806. The third-order valence-corrected chi connectivity index (χ3v) is 12.7. The zero-order valence-electron chi connectivity index (χ0n) is 33.6. The second kappa shape index (κ2) is 13.6. The molecule has 10 aromatic carbocycles. The lowest BCUT2D eigenvalue weighted by molar-refractivity contribution is 1.08. The molecule has 4 nitrogen and oxygen atoms in total. The topological polar surface area (TPSA) is 35.6 Å². The Labute approximate surface area is 357 Å². The van der Waals surface area contributed by atoms with Crippen LogP contribution in [0.5, 0.6) is 0 Å². The lowest BCUT2D eigenvalue weighted by atomic mass is 9.99. The minimum Gasteiger partial charge on any atom is -0.309 e. The maximum Gasteiger partial charge on any atom is 0.165 e. The highest BCUT2D eigenvalue weighted by molar-refractivity contribution is 6.22. The molecule has 0 aliphatic carbocycles. The summed E-state index contributed by atoms with van der Waals surface area (Å²) in [6.07, 6.45) is 0. The number of benzene rings is 10. The zero-order valence-corrected chi connectivity index (χ0v) is 33.6. The van der Waals surface area contributed by atoms with Gasteiger partial charge >= 0.3 is 0 Å². The molecule has 0 bridgehead atoms. The van der Waals surface area contributed by atoms with Gasteiger partial charge in [-0.05, 0) is 111 Å². The van der Waals surface area contributed by atoms with Crippen molar-refractivity contribution in [3.63, 3.8) is 0 Å². The number of hydrogen-bond acceptors (Lipinski definition) is 2. The van der Waals surface area contributed by atoms with E-state index in [1.165, 1.54) is 65.3 Å². The number of rotatable bonds is 5. The second-order valence-electron chi connectivity index (χ2n) is 16.2. The average Bonchev–Trinajstić information content (AvgIpc) is 3.86. The molecule has 3 aromatic heterocycles. The quantitative estimate of drug-likeness (QED) is 0.174.